The Morgan fingerprint density at radius 1 is 1.44 bits per heavy atom. The Morgan fingerprint density at radius 2 is 2.11 bits per heavy atom. The minimum Gasteiger partial charge on any atom is -0.480 e. The van der Waals surface area contributed by atoms with Gasteiger partial charge in [0.15, 0.2) is 11.5 Å². The third kappa shape index (κ3) is 2.43. The quantitative estimate of drug-likeness (QED) is 0.742. The molecule has 0 amide bonds. The molecule has 8 heteroatoms. The lowest BCUT2D eigenvalue weighted by Crippen LogP contribution is -2.36. The Labute approximate surface area is 100 Å². The van der Waals surface area contributed by atoms with E-state index in [1.54, 1.807) is 0 Å². The lowest BCUT2D eigenvalue weighted by atomic mass is 10.2. The topological polar surface area (TPSA) is 93.8 Å². The highest BCUT2D eigenvalue weighted by Gasteiger charge is 2.43. The zero-order chi connectivity index (χ0) is 13.3. The predicted molar refractivity (Wildman–Crippen MR) is 56.7 cm³/mol. The van der Waals surface area contributed by atoms with Gasteiger partial charge >= 0.3 is 12.3 Å². The number of benzene rings is 1. The van der Waals surface area contributed by atoms with Crippen LogP contribution < -0.4 is 20.5 Å². The average molecular weight is 260 g/mol. The SMILES string of the molecule is NCC(Nc1ccc2c(c1)OC(F)(F)O2)C(=O)O. The maximum atomic E-state index is 12.7. The zero-order valence-electron chi connectivity index (χ0n) is 9.02. The van der Waals surface area contributed by atoms with Crippen LogP contribution in [0.5, 0.6) is 11.5 Å². The zero-order valence-corrected chi connectivity index (χ0v) is 9.02. The number of anilines is 1. The molecule has 0 aromatic heterocycles. The third-order valence-electron chi connectivity index (χ3n) is 2.28. The summed E-state index contributed by atoms with van der Waals surface area (Å²) in [6, 6.07) is 2.87. The molecular weight excluding hydrogens is 250 g/mol. The minimum atomic E-state index is -3.69. The Kier molecular flexibility index (Phi) is 2.95. The van der Waals surface area contributed by atoms with Gasteiger partial charge in [0.1, 0.15) is 6.04 Å². The summed E-state index contributed by atoms with van der Waals surface area (Å²) in [5.74, 6) is -1.41. The van der Waals surface area contributed by atoms with Gasteiger partial charge in [0.25, 0.3) is 0 Å². The number of carboxylic acid groups (broad SMARTS) is 1. The monoisotopic (exact) mass is 260 g/mol. The number of hydrogen-bond acceptors (Lipinski definition) is 5. The third-order valence-corrected chi connectivity index (χ3v) is 2.28. The van der Waals surface area contributed by atoms with Crippen molar-refractivity contribution in [2.45, 2.75) is 12.3 Å². The van der Waals surface area contributed by atoms with Gasteiger partial charge in [0, 0.05) is 18.3 Å². The van der Waals surface area contributed by atoms with Gasteiger partial charge in [-0.2, -0.15) is 0 Å². The lowest BCUT2D eigenvalue weighted by molar-refractivity contribution is -0.286. The molecule has 1 aliphatic rings. The maximum absolute atomic E-state index is 12.7. The fraction of sp³-hybridized carbons (Fsp3) is 0.300. The molecular formula is C10H10F2N2O4. The second-order valence-electron chi connectivity index (χ2n) is 3.60. The summed E-state index contributed by atoms with van der Waals surface area (Å²) in [6.45, 7) is -0.139. The standard InChI is InChI=1S/C10H10F2N2O4/c11-10(12)17-7-2-1-5(3-8(7)18-10)14-6(4-13)9(15)16/h1-3,6,14H,4,13H2,(H,15,16). The van der Waals surface area contributed by atoms with Crippen LogP contribution in [0.4, 0.5) is 14.5 Å². The van der Waals surface area contributed by atoms with E-state index in [4.69, 9.17) is 10.8 Å². The summed E-state index contributed by atoms with van der Waals surface area (Å²) in [5, 5.41) is 11.4. The minimum absolute atomic E-state index is 0.106. The van der Waals surface area contributed by atoms with Crippen molar-refractivity contribution in [3.05, 3.63) is 18.2 Å². The molecule has 0 saturated carbocycles. The van der Waals surface area contributed by atoms with Crippen molar-refractivity contribution in [1.82, 2.24) is 0 Å². The number of rotatable bonds is 4. The number of aliphatic carboxylic acids is 1. The molecule has 0 radical (unpaired) electrons. The summed E-state index contributed by atoms with van der Waals surface area (Å²) in [4.78, 5) is 10.8. The van der Waals surface area contributed by atoms with Crippen LogP contribution in [0.25, 0.3) is 0 Å². The first-order valence-corrected chi connectivity index (χ1v) is 5.00. The van der Waals surface area contributed by atoms with Gasteiger partial charge in [-0.3, -0.25) is 0 Å². The Hall–Kier alpha value is -2.09. The summed E-state index contributed by atoms with van der Waals surface area (Å²) in [7, 11) is 0. The number of nitrogens with one attached hydrogen (secondary N) is 1. The number of hydrogen-bond donors (Lipinski definition) is 3. The van der Waals surface area contributed by atoms with E-state index in [1.165, 1.54) is 18.2 Å². The van der Waals surface area contributed by atoms with Gasteiger partial charge in [-0.05, 0) is 12.1 Å². The van der Waals surface area contributed by atoms with Crippen molar-refractivity contribution in [3.63, 3.8) is 0 Å². The van der Waals surface area contributed by atoms with E-state index in [-0.39, 0.29) is 18.0 Å². The highest BCUT2D eigenvalue weighted by molar-refractivity contribution is 5.78. The number of fused-ring (bicyclic) bond motifs is 1. The number of ether oxygens (including phenoxy) is 2. The first kappa shape index (κ1) is 12.4. The molecule has 0 aliphatic carbocycles. The molecule has 6 nitrogen and oxygen atoms in total. The number of nitrogens with two attached hydrogens (primary N) is 1. The van der Waals surface area contributed by atoms with Gasteiger partial charge in [0.2, 0.25) is 0 Å². The Morgan fingerprint density at radius 3 is 2.72 bits per heavy atom. The molecule has 1 atom stereocenters. The number of carbonyl (C=O) groups is 1. The second-order valence-corrected chi connectivity index (χ2v) is 3.60. The second kappa shape index (κ2) is 4.30. The fourth-order valence-corrected chi connectivity index (χ4v) is 1.46. The number of halogens is 2. The largest absolute Gasteiger partial charge is 0.586 e. The smallest absolute Gasteiger partial charge is 0.480 e. The average Bonchev–Trinajstić information content (AvgIpc) is 2.58. The van der Waals surface area contributed by atoms with Gasteiger partial charge in [-0.1, -0.05) is 0 Å². The molecule has 18 heavy (non-hydrogen) atoms. The van der Waals surface area contributed by atoms with Crippen molar-refractivity contribution < 1.29 is 28.2 Å². The van der Waals surface area contributed by atoms with Gasteiger partial charge in [-0.15, -0.1) is 8.78 Å². The van der Waals surface area contributed by atoms with E-state index in [0.29, 0.717) is 5.69 Å². The fourth-order valence-electron chi connectivity index (χ4n) is 1.46. The summed E-state index contributed by atoms with van der Waals surface area (Å²) < 4.78 is 33.9. The molecule has 1 unspecified atom stereocenters. The van der Waals surface area contributed by atoms with E-state index in [1.807, 2.05) is 0 Å². The van der Waals surface area contributed by atoms with Crippen LogP contribution in [0.2, 0.25) is 0 Å². The first-order chi connectivity index (χ1) is 8.41. The number of alkyl halides is 2. The lowest BCUT2D eigenvalue weighted by Gasteiger charge is -2.13. The van der Waals surface area contributed by atoms with E-state index < -0.39 is 18.3 Å². The van der Waals surface area contributed by atoms with Gasteiger partial charge in [-0.25, -0.2) is 4.79 Å². The molecule has 0 saturated heterocycles. The highest BCUT2D eigenvalue weighted by Crippen LogP contribution is 2.42. The highest BCUT2D eigenvalue weighted by atomic mass is 19.3. The molecule has 0 fully saturated rings. The van der Waals surface area contributed by atoms with E-state index in [9.17, 15) is 13.6 Å². The van der Waals surface area contributed by atoms with Crippen LogP contribution in [-0.4, -0.2) is 30.0 Å². The van der Waals surface area contributed by atoms with Crippen molar-refractivity contribution in [1.29, 1.82) is 0 Å². The molecule has 4 N–H and O–H groups in total. The molecule has 0 bridgehead atoms. The van der Waals surface area contributed by atoms with Crippen LogP contribution in [0.15, 0.2) is 18.2 Å². The van der Waals surface area contributed by atoms with Crippen molar-refractivity contribution in [2.75, 3.05) is 11.9 Å². The van der Waals surface area contributed by atoms with Crippen LogP contribution in [0, 0.1) is 0 Å². The first-order valence-electron chi connectivity index (χ1n) is 5.00. The number of carboxylic acids is 1. The molecule has 2 rings (SSSR count). The van der Waals surface area contributed by atoms with Crippen LogP contribution in [0.1, 0.15) is 0 Å². The van der Waals surface area contributed by atoms with E-state index in [0.717, 1.165) is 0 Å². The van der Waals surface area contributed by atoms with Gasteiger partial charge in [0.05, 0.1) is 0 Å². The van der Waals surface area contributed by atoms with Crippen molar-refractivity contribution in [3.8, 4) is 11.5 Å². The molecule has 98 valence electrons. The Bertz CT molecular complexity index is 481. The molecule has 1 heterocycles. The van der Waals surface area contributed by atoms with Crippen LogP contribution >= 0.6 is 0 Å². The summed E-state index contributed by atoms with van der Waals surface area (Å²) >= 11 is 0. The molecule has 1 aromatic rings. The van der Waals surface area contributed by atoms with Crippen LogP contribution in [-0.2, 0) is 4.79 Å². The molecule has 0 spiro atoms. The van der Waals surface area contributed by atoms with Gasteiger partial charge < -0.3 is 25.6 Å². The summed E-state index contributed by atoms with van der Waals surface area (Å²) in [5.41, 5.74) is 5.56. The van der Waals surface area contributed by atoms with Crippen molar-refractivity contribution >= 4 is 11.7 Å². The normalized spacial score (nSPS) is 17.3. The molecule has 1 aromatic carbocycles. The van der Waals surface area contributed by atoms with Crippen LogP contribution in [0.3, 0.4) is 0 Å². The molecule has 1 aliphatic heterocycles. The van der Waals surface area contributed by atoms with E-state index in [2.05, 4.69) is 14.8 Å². The summed E-state index contributed by atoms with van der Waals surface area (Å²) in [6.07, 6.45) is -3.69. The maximum Gasteiger partial charge on any atom is 0.586 e. The van der Waals surface area contributed by atoms with Crippen molar-refractivity contribution in [2.24, 2.45) is 5.73 Å². The predicted octanol–water partition coefficient (Wildman–Crippen LogP) is 0.832. The Balaban J connectivity index is 2.16. The van der Waals surface area contributed by atoms with E-state index >= 15 is 0 Å².